The standard InChI is InChI=1S/C14H12N2O/c15-12-6-3-7-13-11(12)8-9-4-1-2-5-10(9)14(17)16-13/h1-7H,8,15H2,(H,16,17). The van der Waals surface area contributed by atoms with Crippen LogP contribution in [0.1, 0.15) is 21.5 Å². The van der Waals surface area contributed by atoms with Gasteiger partial charge < -0.3 is 11.1 Å². The molecule has 0 unspecified atom stereocenters. The van der Waals surface area contributed by atoms with Gasteiger partial charge in [-0.3, -0.25) is 4.79 Å². The van der Waals surface area contributed by atoms with Gasteiger partial charge >= 0.3 is 0 Å². The Morgan fingerprint density at radius 2 is 1.88 bits per heavy atom. The highest BCUT2D eigenvalue weighted by molar-refractivity contribution is 6.07. The highest BCUT2D eigenvalue weighted by atomic mass is 16.1. The first-order valence-electron chi connectivity index (χ1n) is 5.52. The topological polar surface area (TPSA) is 55.1 Å². The highest BCUT2D eigenvalue weighted by Crippen LogP contribution is 2.29. The fourth-order valence-electron chi connectivity index (χ4n) is 2.20. The molecule has 0 radical (unpaired) electrons. The second kappa shape index (κ2) is 3.63. The summed E-state index contributed by atoms with van der Waals surface area (Å²) in [5.41, 5.74) is 10.2. The Balaban J connectivity index is 2.21. The number of anilines is 2. The summed E-state index contributed by atoms with van der Waals surface area (Å²) in [6.45, 7) is 0. The number of nitrogens with two attached hydrogens (primary N) is 1. The van der Waals surface area contributed by atoms with Crippen molar-refractivity contribution in [3.8, 4) is 0 Å². The zero-order valence-electron chi connectivity index (χ0n) is 9.23. The van der Waals surface area contributed by atoms with E-state index in [-0.39, 0.29) is 5.91 Å². The Kier molecular flexibility index (Phi) is 2.11. The van der Waals surface area contributed by atoms with Crippen molar-refractivity contribution in [1.29, 1.82) is 0 Å². The van der Waals surface area contributed by atoms with Crippen molar-refractivity contribution in [2.45, 2.75) is 6.42 Å². The molecule has 0 atom stereocenters. The molecule has 1 heterocycles. The summed E-state index contributed by atoms with van der Waals surface area (Å²) in [6, 6.07) is 13.2. The van der Waals surface area contributed by atoms with Gasteiger partial charge in [0.05, 0.1) is 0 Å². The Morgan fingerprint density at radius 1 is 1.06 bits per heavy atom. The van der Waals surface area contributed by atoms with Crippen molar-refractivity contribution >= 4 is 17.3 Å². The van der Waals surface area contributed by atoms with E-state index in [1.165, 1.54) is 0 Å². The molecule has 3 nitrogen and oxygen atoms in total. The van der Waals surface area contributed by atoms with Gasteiger partial charge in [0.15, 0.2) is 0 Å². The lowest BCUT2D eigenvalue weighted by atomic mass is 9.99. The summed E-state index contributed by atoms with van der Waals surface area (Å²) < 4.78 is 0. The van der Waals surface area contributed by atoms with Gasteiger partial charge in [-0.25, -0.2) is 0 Å². The molecular weight excluding hydrogens is 212 g/mol. The average molecular weight is 224 g/mol. The molecule has 1 amide bonds. The summed E-state index contributed by atoms with van der Waals surface area (Å²) in [5.74, 6) is -0.0649. The molecule has 0 aromatic heterocycles. The molecule has 0 bridgehead atoms. The summed E-state index contributed by atoms with van der Waals surface area (Å²) in [5, 5.41) is 2.90. The van der Waals surface area contributed by atoms with Crippen LogP contribution in [-0.4, -0.2) is 5.91 Å². The number of nitrogens with one attached hydrogen (secondary N) is 1. The predicted octanol–water partition coefficient (Wildman–Crippen LogP) is 2.43. The lowest BCUT2D eigenvalue weighted by molar-refractivity contribution is 0.102. The molecule has 1 aliphatic rings. The molecule has 2 aromatic carbocycles. The van der Waals surface area contributed by atoms with Gasteiger partial charge in [-0.15, -0.1) is 0 Å². The van der Waals surface area contributed by atoms with Crippen LogP contribution >= 0.6 is 0 Å². The number of hydrogen-bond donors (Lipinski definition) is 2. The van der Waals surface area contributed by atoms with Crippen molar-refractivity contribution in [2.24, 2.45) is 0 Å². The fourth-order valence-corrected chi connectivity index (χ4v) is 2.20. The molecule has 0 aliphatic carbocycles. The number of benzene rings is 2. The Bertz CT molecular complexity index is 605. The Labute approximate surface area is 99.3 Å². The molecule has 2 aromatic rings. The van der Waals surface area contributed by atoms with E-state index in [1.807, 2.05) is 42.5 Å². The van der Waals surface area contributed by atoms with Crippen LogP contribution < -0.4 is 11.1 Å². The number of amides is 1. The largest absolute Gasteiger partial charge is 0.398 e. The quantitative estimate of drug-likeness (QED) is 0.675. The molecule has 84 valence electrons. The monoisotopic (exact) mass is 224 g/mol. The van der Waals surface area contributed by atoms with E-state index >= 15 is 0 Å². The van der Waals surface area contributed by atoms with Crippen LogP contribution in [0.4, 0.5) is 11.4 Å². The Hall–Kier alpha value is -2.29. The van der Waals surface area contributed by atoms with Crippen molar-refractivity contribution < 1.29 is 4.79 Å². The maximum Gasteiger partial charge on any atom is 0.255 e. The minimum atomic E-state index is -0.0649. The fraction of sp³-hybridized carbons (Fsp3) is 0.0714. The van der Waals surface area contributed by atoms with Crippen molar-refractivity contribution in [2.75, 3.05) is 11.1 Å². The SMILES string of the molecule is Nc1cccc2c1Cc1ccccc1C(=O)N2. The third kappa shape index (κ3) is 1.56. The summed E-state index contributed by atoms with van der Waals surface area (Å²) in [7, 11) is 0. The number of fused-ring (bicyclic) bond motifs is 2. The molecule has 0 fully saturated rings. The first kappa shape index (κ1) is 9.90. The lowest BCUT2D eigenvalue weighted by Crippen LogP contribution is -2.11. The van der Waals surface area contributed by atoms with Crippen LogP contribution in [0.3, 0.4) is 0 Å². The number of rotatable bonds is 0. The Morgan fingerprint density at radius 3 is 2.76 bits per heavy atom. The predicted molar refractivity (Wildman–Crippen MR) is 68.1 cm³/mol. The van der Waals surface area contributed by atoms with Gasteiger partial charge in [0, 0.05) is 28.9 Å². The number of carbonyl (C=O) groups excluding carboxylic acids is 1. The van der Waals surface area contributed by atoms with E-state index in [2.05, 4.69) is 5.32 Å². The van der Waals surface area contributed by atoms with Crippen LogP contribution in [0.2, 0.25) is 0 Å². The first-order chi connectivity index (χ1) is 8.25. The molecule has 0 saturated heterocycles. The van der Waals surface area contributed by atoms with Gasteiger partial charge in [0.25, 0.3) is 5.91 Å². The molecule has 0 spiro atoms. The second-order valence-electron chi connectivity index (χ2n) is 4.16. The van der Waals surface area contributed by atoms with Gasteiger partial charge in [-0.2, -0.15) is 0 Å². The second-order valence-corrected chi connectivity index (χ2v) is 4.16. The molecule has 3 rings (SSSR count). The van der Waals surface area contributed by atoms with Crippen molar-refractivity contribution in [3.63, 3.8) is 0 Å². The zero-order valence-corrected chi connectivity index (χ0v) is 9.23. The van der Waals surface area contributed by atoms with Gasteiger partial charge in [0.2, 0.25) is 0 Å². The normalized spacial score (nSPS) is 13.3. The summed E-state index contributed by atoms with van der Waals surface area (Å²) in [6.07, 6.45) is 0.691. The van der Waals surface area contributed by atoms with E-state index < -0.39 is 0 Å². The molecule has 17 heavy (non-hydrogen) atoms. The number of nitrogen functional groups attached to an aromatic ring is 1. The molecular formula is C14H12N2O. The van der Waals surface area contributed by atoms with Gasteiger partial charge in [0.1, 0.15) is 0 Å². The van der Waals surface area contributed by atoms with Crippen LogP contribution in [0, 0.1) is 0 Å². The smallest absolute Gasteiger partial charge is 0.255 e. The van der Waals surface area contributed by atoms with Crippen molar-refractivity contribution in [1.82, 2.24) is 0 Å². The number of carbonyl (C=O) groups is 1. The van der Waals surface area contributed by atoms with E-state index in [1.54, 1.807) is 0 Å². The first-order valence-corrected chi connectivity index (χ1v) is 5.52. The molecule has 1 aliphatic heterocycles. The highest BCUT2D eigenvalue weighted by Gasteiger charge is 2.19. The van der Waals surface area contributed by atoms with E-state index in [9.17, 15) is 4.79 Å². The average Bonchev–Trinajstić information content (AvgIpc) is 2.47. The molecule has 0 saturated carbocycles. The minimum Gasteiger partial charge on any atom is -0.398 e. The van der Waals surface area contributed by atoms with E-state index in [0.717, 1.165) is 28.1 Å². The van der Waals surface area contributed by atoms with E-state index in [0.29, 0.717) is 6.42 Å². The summed E-state index contributed by atoms with van der Waals surface area (Å²) >= 11 is 0. The van der Waals surface area contributed by atoms with Crippen molar-refractivity contribution in [3.05, 3.63) is 59.2 Å². The van der Waals surface area contributed by atoms with E-state index in [4.69, 9.17) is 5.73 Å². The number of hydrogen-bond acceptors (Lipinski definition) is 2. The zero-order chi connectivity index (χ0) is 11.8. The van der Waals surface area contributed by atoms with Gasteiger partial charge in [-0.1, -0.05) is 24.3 Å². The molecule has 3 heteroatoms. The van der Waals surface area contributed by atoms with Crippen LogP contribution in [0.15, 0.2) is 42.5 Å². The van der Waals surface area contributed by atoms with Gasteiger partial charge in [-0.05, 0) is 23.8 Å². The van der Waals surface area contributed by atoms with Crippen LogP contribution in [0.5, 0.6) is 0 Å². The maximum atomic E-state index is 12.0. The maximum absolute atomic E-state index is 12.0. The van der Waals surface area contributed by atoms with Crippen LogP contribution in [-0.2, 0) is 6.42 Å². The van der Waals surface area contributed by atoms with Crippen LogP contribution in [0.25, 0.3) is 0 Å². The third-order valence-electron chi connectivity index (χ3n) is 3.09. The third-order valence-corrected chi connectivity index (χ3v) is 3.09. The summed E-state index contributed by atoms with van der Waals surface area (Å²) in [4.78, 5) is 12.0. The molecule has 3 N–H and O–H groups in total. The lowest BCUT2D eigenvalue weighted by Gasteiger charge is -2.08. The minimum absolute atomic E-state index is 0.0649.